The zero-order valence-electron chi connectivity index (χ0n) is 18.2. The van der Waals surface area contributed by atoms with Crippen molar-refractivity contribution >= 4 is 39.1 Å². The van der Waals surface area contributed by atoms with Gasteiger partial charge in [-0.25, -0.2) is 8.42 Å². The van der Waals surface area contributed by atoms with E-state index >= 15 is 0 Å². The van der Waals surface area contributed by atoms with Crippen molar-refractivity contribution in [3.05, 3.63) is 65.5 Å². The fourth-order valence-electron chi connectivity index (χ4n) is 3.65. The number of carbonyl (C=O) groups excluding carboxylic acids is 1. The Balaban J connectivity index is 1.46. The van der Waals surface area contributed by atoms with Crippen molar-refractivity contribution in [2.75, 3.05) is 27.8 Å². The Morgan fingerprint density at radius 3 is 2.56 bits per heavy atom. The molecule has 4 rings (SSSR count). The van der Waals surface area contributed by atoms with Crippen molar-refractivity contribution in [3.8, 4) is 0 Å². The van der Waals surface area contributed by atoms with Gasteiger partial charge in [-0.05, 0) is 37.1 Å². The summed E-state index contributed by atoms with van der Waals surface area (Å²) in [5.74, 6) is 0.744. The second-order valence-electron chi connectivity index (χ2n) is 7.78. The van der Waals surface area contributed by atoms with E-state index < -0.39 is 10.0 Å². The number of aromatic nitrogens is 3. The number of para-hydroxylation sites is 1. The minimum atomic E-state index is -3.52. The van der Waals surface area contributed by atoms with Crippen LogP contribution in [0.15, 0.2) is 53.7 Å². The lowest BCUT2D eigenvalue weighted by atomic mass is 10.2. The first kappa shape index (κ1) is 22.3. The maximum atomic E-state index is 12.8. The maximum absolute atomic E-state index is 12.8. The highest BCUT2D eigenvalue weighted by Gasteiger charge is 2.25. The first-order valence-electron chi connectivity index (χ1n) is 10.2. The standard InChI is InChI=1S/C22H25N5O3S2/c1-16-8-10-18(11-9-16)27(32(3,29)30)14-20-23-24-22(25(20)2)31-15-21(28)26-13-12-17-6-4-5-7-19(17)26/h4-11H,12-15H2,1-3H3. The number of thioether (sulfide) groups is 1. The number of rotatable bonds is 7. The molecular formula is C22H25N5O3S2. The number of fused-ring (bicyclic) bond motifs is 1. The highest BCUT2D eigenvalue weighted by molar-refractivity contribution is 7.99. The smallest absolute Gasteiger partial charge is 0.237 e. The molecule has 0 fully saturated rings. The fourth-order valence-corrected chi connectivity index (χ4v) is 5.31. The molecule has 1 aliphatic heterocycles. The van der Waals surface area contributed by atoms with Crippen LogP contribution in [0.2, 0.25) is 0 Å². The Morgan fingerprint density at radius 1 is 1.12 bits per heavy atom. The van der Waals surface area contributed by atoms with E-state index in [1.165, 1.54) is 27.9 Å². The lowest BCUT2D eigenvalue weighted by molar-refractivity contribution is -0.116. The molecule has 0 spiro atoms. The molecule has 2 aromatic carbocycles. The van der Waals surface area contributed by atoms with Crippen molar-refractivity contribution in [1.29, 1.82) is 0 Å². The van der Waals surface area contributed by atoms with Crippen LogP contribution in [0.25, 0.3) is 0 Å². The Bertz CT molecular complexity index is 1240. The Kier molecular flexibility index (Phi) is 6.25. The zero-order valence-corrected chi connectivity index (χ0v) is 19.9. The van der Waals surface area contributed by atoms with Crippen LogP contribution in [0.1, 0.15) is 17.0 Å². The second-order valence-corrected chi connectivity index (χ2v) is 10.6. The van der Waals surface area contributed by atoms with Crippen molar-refractivity contribution in [3.63, 3.8) is 0 Å². The van der Waals surface area contributed by atoms with Crippen LogP contribution in [0.4, 0.5) is 11.4 Å². The van der Waals surface area contributed by atoms with Crippen molar-refractivity contribution in [1.82, 2.24) is 14.8 Å². The van der Waals surface area contributed by atoms with Crippen LogP contribution in [0.5, 0.6) is 0 Å². The number of hydrogen-bond donors (Lipinski definition) is 0. The summed E-state index contributed by atoms with van der Waals surface area (Å²) in [6.45, 7) is 2.69. The van der Waals surface area contributed by atoms with Crippen LogP contribution in [-0.4, -0.2) is 47.6 Å². The predicted molar refractivity (Wildman–Crippen MR) is 126 cm³/mol. The van der Waals surface area contributed by atoms with Gasteiger partial charge in [0.05, 0.1) is 24.2 Å². The second kappa shape index (κ2) is 8.95. The van der Waals surface area contributed by atoms with E-state index in [0.717, 1.165) is 17.7 Å². The largest absolute Gasteiger partial charge is 0.311 e. The minimum absolute atomic E-state index is 0.0157. The predicted octanol–water partition coefficient (Wildman–Crippen LogP) is 2.77. The van der Waals surface area contributed by atoms with Gasteiger partial charge < -0.3 is 9.47 Å². The normalized spacial score (nSPS) is 13.3. The Labute approximate surface area is 192 Å². The molecule has 1 aliphatic rings. The molecule has 0 aliphatic carbocycles. The average Bonchev–Trinajstić information content (AvgIpc) is 3.34. The molecule has 1 amide bonds. The third-order valence-corrected chi connectivity index (χ3v) is 7.59. The minimum Gasteiger partial charge on any atom is -0.311 e. The molecule has 0 atom stereocenters. The molecule has 2 heterocycles. The Morgan fingerprint density at radius 2 is 1.84 bits per heavy atom. The molecule has 0 unspecified atom stereocenters. The van der Waals surface area contributed by atoms with Crippen molar-refractivity contribution in [2.24, 2.45) is 7.05 Å². The monoisotopic (exact) mass is 471 g/mol. The van der Waals surface area contributed by atoms with Gasteiger partial charge in [0.1, 0.15) is 0 Å². The first-order valence-corrected chi connectivity index (χ1v) is 13.0. The van der Waals surface area contributed by atoms with Crippen LogP contribution < -0.4 is 9.21 Å². The summed E-state index contributed by atoms with van der Waals surface area (Å²) in [7, 11) is -1.74. The number of hydrogen-bond acceptors (Lipinski definition) is 6. The maximum Gasteiger partial charge on any atom is 0.237 e. The van der Waals surface area contributed by atoms with Gasteiger partial charge in [-0.3, -0.25) is 9.10 Å². The summed E-state index contributed by atoms with van der Waals surface area (Å²) in [4.78, 5) is 14.6. The average molecular weight is 472 g/mol. The number of nitrogens with zero attached hydrogens (tertiary/aromatic N) is 5. The topological polar surface area (TPSA) is 88.4 Å². The van der Waals surface area contributed by atoms with Gasteiger partial charge in [0, 0.05) is 19.3 Å². The van der Waals surface area contributed by atoms with Gasteiger partial charge in [0.15, 0.2) is 11.0 Å². The zero-order chi connectivity index (χ0) is 22.9. The van der Waals surface area contributed by atoms with Gasteiger partial charge in [-0.2, -0.15) is 0 Å². The molecule has 0 saturated heterocycles. The van der Waals surface area contributed by atoms with Gasteiger partial charge in [0.2, 0.25) is 15.9 Å². The third-order valence-electron chi connectivity index (χ3n) is 5.45. The highest BCUT2D eigenvalue weighted by atomic mass is 32.2. The summed E-state index contributed by atoms with van der Waals surface area (Å²) in [6, 6.07) is 15.2. The molecule has 3 aromatic rings. The van der Waals surface area contributed by atoms with Crippen LogP contribution >= 0.6 is 11.8 Å². The summed E-state index contributed by atoms with van der Waals surface area (Å²) in [5, 5.41) is 8.94. The summed E-state index contributed by atoms with van der Waals surface area (Å²) >= 11 is 1.30. The van der Waals surface area contributed by atoms with E-state index in [0.29, 0.717) is 23.2 Å². The lowest BCUT2D eigenvalue weighted by Gasteiger charge is -2.22. The number of amides is 1. The molecule has 0 N–H and O–H groups in total. The molecule has 1 aromatic heterocycles. The van der Waals surface area contributed by atoms with E-state index in [4.69, 9.17) is 0 Å². The Hall–Kier alpha value is -2.85. The highest BCUT2D eigenvalue weighted by Crippen LogP contribution is 2.29. The number of aryl methyl sites for hydroxylation is 1. The van der Waals surface area contributed by atoms with Crippen LogP contribution in [0, 0.1) is 6.92 Å². The van der Waals surface area contributed by atoms with E-state index in [1.807, 2.05) is 48.2 Å². The number of benzene rings is 2. The third kappa shape index (κ3) is 4.66. The number of sulfonamides is 1. The van der Waals surface area contributed by atoms with E-state index in [9.17, 15) is 13.2 Å². The van der Waals surface area contributed by atoms with Gasteiger partial charge in [-0.1, -0.05) is 47.7 Å². The summed E-state index contributed by atoms with van der Waals surface area (Å²) < 4.78 is 27.9. The fraction of sp³-hybridized carbons (Fsp3) is 0.318. The van der Waals surface area contributed by atoms with Crippen LogP contribution in [-0.2, 0) is 34.8 Å². The molecular weight excluding hydrogens is 446 g/mol. The number of carbonyl (C=O) groups is 1. The molecule has 0 bridgehead atoms. The van der Waals surface area contributed by atoms with E-state index in [-0.39, 0.29) is 18.2 Å². The molecule has 0 radical (unpaired) electrons. The lowest BCUT2D eigenvalue weighted by Crippen LogP contribution is -2.31. The van der Waals surface area contributed by atoms with Crippen molar-refractivity contribution in [2.45, 2.75) is 25.0 Å². The van der Waals surface area contributed by atoms with Crippen LogP contribution in [0.3, 0.4) is 0 Å². The summed E-state index contributed by atoms with van der Waals surface area (Å²) in [6.07, 6.45) is 2.03. The van der Waals surface area contributed by atoms with E-state index in [2.05, 4.69) is 10.2 Å². The summed E-state index contributed by atoms with van der Waals surface area (Å²) in [5.41, 5.74) is 3.77. The molecule has 8 nitrogen and oxygen atoms in total. The van der Waals surface area contributed by atoms with Gasteiger partial charge >= 0.3 is 0 Å². The molecule has 10 heteroatoms. The molecule has 168 valence electrons. The first-order chi connectivity index (χ1) is 15.2. The number of anilines is 2. The van der Waals surface area contributed by atoms with Gasteiger partial charge in [0.25, 0.3) is 0 Å². The quantitative estimate of drug-likeness (QED) is 0.493. The molecule has 0 saturated carbocycles. The van der Waals surface area contributed by atoms with Gasteiger partial charge in [-0.15, -0.1) is 10.2 Å². The van der Waals surface area contributed by atoms with Crippen molar-refractivity contribution < 1.29 is 13.2 Å². The molecule has 32 heavy (non-hydrogen) atoms. The SMILES string of the molecule is Cc1ccc(N(Cc2nnc(SCC(=O)N3CCc4ccccc43)n2C)S(C)(=O)=O)cc1. The van der Waals surface area contributed by atoms with E-state index in [1.54, 1.807) is 23.7 Å².